The quantitative estimate of drug-likeness (QED) is 0.0794. The number of hydrogen-bond acceptors (Lipinski definition) is 9. The minimum atomic E-state index is -2.17. The number of nitrogens with zero attached hydrogens (tertiary/aromatic N) is 4. The summed E-state index contributed by atoms with van der Waals surface area (Å²) in [5.41, 5.74) is 5.56. The number of hydrogen-bond donors (Lipinski definition) is 3. The number of aromatic nitrogens is 3. The highest BCUT2D eigenvalue weighted by atomic mass is 31.2. The maximum absolute atomic E-state index is 10.7. The molecular weight excluding hydrogens is 565 g/mol. The average molecular weight is 620 g/mol. The Kier molecular flexibility index (Phi) is 16.8. The lowest BCUT2D eigenvalue weighted by Crippen LogP contribution is -2.42. The van der Waals surface area contributed by atoms with Gasteiger partial charge in [-0.1, -0.05) is 116 Å². The van der Waals surface area contributed by atoms with E-state index in [1.165, 1.54) is 103 Å². The van der Waals surface area contributed by atoms with Crippen LogP contribution in [0.15, 0.2) is 18.5 Å². The summed E-state index contributed by atoms with van der Waals surface area (Å²) in [4.78, 5) is 14.2. The minimum absolute atomic E-state index is 0.177. The number of aliphatic hydroxyl groups is 1. The van der Waals surface area contributed by atoms with Crippen molar-refractivity contribution in [3.05, 3.63) is 24.2 Å². The lowest BCUT2D eigenvalue weighted by Gasteiger charge is -2.25. The molecule has 2 aromatic heterocycles. The summed E-state index contributed by atoms with van der Waals surface area (Å²) in [6.07, 6.45) is 23.4. The second-order valence-electron chi connectivity index (χ2n) is 11.9. The fourth-order valence-electron chi connectivity index (χ4n) is 5.77. The van der Waals surface area contributed by atoms with Crippen molar-refractivity contribution in [1.29, 1.82) is 5.26 Å². The summed E-state index contributed by atoms with van der Waals surface area (Å²) in [5.74, 6) is 0.326. The predicted molar refractivity (Wildman–Crippen MR) is 170 cm³/mol. The van der Waals surface area contributed by atoms with Crippen LogP contribution in [0.2, 0.25) is 0 Å². The van der Waals surface area contributed by atoms with Crippen LogP contribution >= 0.6 is 8.60 Å². The van der Waals surface area contributed by atoms with E-state index in [-0.39, 0.29) is 13.0 Å². The molecule has 1 aliphatic rings. The van der Waals surface area contributed by atoms with Crippen molar-refractivity contribution in [3.63, 3.8) is 0 Å². The summed E-state index contributed by atoms with van der Waals surface area (Å²) in [7, 11) is -2.17. The summed E-state index contributed by atoms with van der Waals surface area (Å²) in [6.45, 7) is 2.36. The second kappa shape index (κ2) is 20.2. The second-order valence-corrected chi connectivity index (χ2v) is 12.9. The van der Waals surface area contributed by atoms with Gasteiger partial charge in [-0.2, -0.15) is 10.4 Å². The predicted octanol–water partition coefficient (Wildman–Crippen LogP) is 7.69. The van der Waals surface area contributed by atoms with E-state index >= 15 is 0 Å². The summed E-state index contributed by atoms with van der Waals surface area (Å²) in [5, 5.41) is 24.7. The fraction of sp³-hybridized carbons (Fsp3) is 0.781. The SMILES string of the molecule is CCCCCCCCCCCCCCCCCCCCOP(O)OCC1(C#N)OC(c2ccc3c(N)ncnn23)CC1O. The number of rotatable bonds is 24. The highest BCUT2D eigenvalue weighted by Crippen LogP contribution is 2.43. The van der Waals surface area contributed by atoms with E-state index < -0.39 is 26.4 Å². The minimum Gasteiger partial charge on any atom is -0.389 e. The van der Waals surface area contributed by atoms with Crippen LogP contribution in [0.3, 0.4) is 0 Å². The molecular formula is C32H54N5O5P. The van der Waals surface area contributed by atoms with E-state index in [9.17, 15) is 15.3 Å². The van der Waals surface area contributed by atoms with Gasteiger partial charge in [0, 0.05) is 6.42 Å². The van der Waals surface area contributed by atoms with Gasteiger partial charge in [0.1, 0.15) is 36.7 Å². The monoisotopic (exact) mass is 619 g/mol. The Balaban J connectivity index is 1.17. The van der Waals surface area contributed by atoms with Crippen LogP contribution in [-0.2, 0) is 13.8 Å². The maximum Gasteiger partial charge on any atom is 0.329 e. The zero-order chi connectivity index (χ0) is 30.8. The molecule has 242 valence electrons. The first-order chi connectivity index (χ1) is 21.0. The Hall–Kier alpha value is -1.86. The molecule has 1 aliphatic heterocycles. The summed E-state index contributed by atoms with van der Waals surface area (Å²) < 4.78 is 18.5. The van der Waals surface area contributed by atoms with Gasteiger partial charge in [0.05, 0.1) is 12.3 Å². The van der Waals surface area contributed by atoms with Gasteiger partial charge in [0.15, 0.2) is 5.82 Å². The third-order valence-corrected chi connectivity index (χ3v) is 9.20. The zero-order valence-corrected chi connectivity index (χ0v) is 27.1. The normalized spacial score (nSPS) is 21.0. The number of anilines is 1. The number of nitrogen functional groups attached to an aromatic ring is 1. The van der Waals surface area contributed by atoms with Crippen LogP contribution in [0.5, 0.6) is 0 Å². The van der Waals surface area contributed by atoms with Crippen molar-refractivity contribution < 1.29 is 23.8 Å². The van der Waals surface area contributed by atoms with Crippen LogP contribution < -0.4 is 5.73 Å². The van der Waals surface area contributed by atoms with Crippen molar-refractivity contribution in [1.82, 2.24) is 14.6 Å². The molecule has 4 atom stereocenters. The molecule has 3 rings (SSSR count). The van der Waals surface area contributed by atoms with E-state index in [2.05, 4.69) is 17.0 Å². The molecule has 0 aromatic carbocycles. The number of nitrogens with two attached hydrogens (primary N) is 1. The molecule has 4 N–H and O–H groups in total. The van der Waals surface area contributed by atoms with E-state index in [1.807, 2.05) is 6.07 Å². The van der Waals surface area contributed by atoms with Crippen LogP contribution in [0.1, 0.15) is 141 Å². The molecule has 43 heavy (non-hydrogen) atoms. The summed E-state index contributed by atoms with van der Waals surface area (Å²) in [6, 6.07) is 5.60. The van der Waals surface area contributed by atoms with Gasteiger partial charge >= 0.3 is 8.60 Å². The standard InChI is InChI=1S/C32H54N5O5P/c1-2-3-4-5-6-7-8-9-10-11-12-13-14-15-16-17-18-19-22-40-43(39)41-25-32(24-33)30(38)23-29(42-32)27-20-21-28-31(34)35-26-36-37(27)28/h20-21,26,29-30,38-39H,2-19,22-23,25H2,1H3,(H2,34,35,36). The average Bonchev–Trinajstić information content (AvgIpc) is 3.59. The third kappa shape index (κ3) is 11.9. The molecule has 0 saturated carbocycles. The molecule has 0 radical (unpaired) electrons. The number of ether oxygens (including phenoxy) is 1. The molecule has 1 saturated heterocycles. The molecule has 4 unspecified atom stereocenters. The van der Waals surface area contributed by atoms with E-state index in [0.717, 1.165) is 19.3 Å². The molecule has 11 heteroatoms. The number of unbranched alkanes of at least 4 members (excludes halogenated alkanes) is 17. The van der Waals surface area contributed by atoms with Crippen LogP contribution in [0.4, 0.5) is 5.82 Å². The van der Waals surface area contributed by atoms with Crippen molar-refractivity contribution in [2.75, 3.05) is 18.9 Å². The number of nitriles is 1. The van der Waals surface area contributed by atoms with Crippen LogP contribution in [-0.4, -0.2) is 49.5 Å². The molecule has 3 heterocycles. The van der Waals surface area contributed by atoms with Gasteiger partial charge in [-0.3, -0.25) is 0 Å². The van der Waals surface area contributed by atoms with E-state index in [1.54, 1.807) is 16.6 Å². The molecule has 0 aliphatic carbocycles. The number of aliphatic hydroxyl groups excluding tert-OH is 1. The van der Waals surface area contributed by atoms with Crippen molar-refractivity contribution in [2.45, 2.75) is 147 Å². The van der Waals surface area contributed by atoms with E-state index in [4.69, 9.17) is 19.5 Å². The van der Waals surface area contributed by atoms with Gasteiger partial charge in [-0.25, -0.2) is 9.50 Å². The van der Waals surface area contributed by atoms with Crippen LogP contribution in [0.25, 0.3) is 5.52 Å². The molecule has 0 amide bonds. The third-order valence-electron chi connectivity index (χ3n) is 8.45. The summed E-state index contributed by atoms with van der Waals surface area (Å²) >= 11 is 0. The van der Waals surface area contributed by atoms with E-state index in [0.29, 0.717) is 23.6 Å². The smallest absolute Gasteiger partial charge is 0.329 e. The molecule has 0 spiro atoms. The molecule has 1 fully saturated rings. The Morgan fingerprint density at radius 2 is 1.51 bits per heavy atom. The van der Waals surface area contributed by atoms with Crippen molar-refractivity contribution >= 4 is 19.9 Å². The highest BCUT2D eigenvalue weighted by Gasteiger charge is 2.50. The van der Waals surface area contributed by atoms with Crippen molar-refractivity contribution in [3.8, 4) is 6.07 Å². The topological polar surface area (TPSA) is 148 Å². The molecule has 10 nitrogen and oxygen atoms in total. The highest BCUT2D eigenvalue weighted by molar-refractivity contribution is 7.40. The molecule has 0 bridgehead atoms. The van der Waals surface area contributed by atoms with Gasteiger partial charge < -0.3 is 29.5 Å². The number of fused-ring (bicyclic) bond motifs is 1. The lowest BCUT2D eigenvalue weighted by atomic mass is 9.99. The van der Waals surface area contributed by atoms with Gasteiger partial charge in [0.2, 0.25) is 5.60 Å². The Morgan fingerprint density at radius 3 is 2.07 bits per heavy atom. The first-order valence-corrected chi connectivity index (χ1v) is 17.7. The first-order valence-electron chi connectivity index (χ1n) is 16.6. The largest absolute Gasteiger partial charge is 0.389 e. The van der Waals surface area contributed by atoms with Gasteiger partial charge in [0.25, 0.3) is 0 Å². The van der Waals surface area contributed by atoms with Gasteiger partial charge in [-0.15, -0.1) is 0 Å². The maximum atomic E-state index is 10.7. The zero-order valence-electron chi connectivity index (χ0n) is 26.2. The lowest BCUT2D eigenvalue weighted by molar-refractivity contribution is -0.0714. The van der Waals surface area contributed by atoms with Crippen molar-refractivity contribution in [2.24, 2.45) is 0 Å². The fourth-order valence-corrected chi connectivity index (χ4v) is 6.43. The molecule has 2 aromatic rings. The Bertz CT molecular complexity index is 1080. The first kappa shape index (κ1) is 35.6. The van der Waals surface area contributed by atoms with Crippen LogP contribution in [0, 0.1) is 11.3 Å². The Morgan fingerprint density at radius 1 is 0.953 bits per heavy atom. The van der Waals surface area contributed by atoms with Gasteiger partial charge in [-0.05, 0) is 18.6 Å². The Labute approximate surface area is 259 Å².